The molecule has 0 saturated carbocycles. The van der Waals surface area contributed by atoms with Gasteiger partial charge in [0.25, 0.3) is 10.0 Å². The molecule has 0 amide bonds. The van der Waals surface area contributed by atoms with E-state index in [-0.39, 0.29) is 4.90 Å². The summed E-state index contributed by atoms with van der Waals surface area (Å²) in [5, 5.41) is 0.383. The first-order valence-electron chi connectivity index (χ1n) is 5.12. The second-order valence-electron chi connectivity index (χ2n) is 3.69. The van der Waals surface area contributed by atoms with E-state index >= 15 is 0 Å². The molecule has 7 heteroatoms. The van der Waals surface area contributed by atoms with Gasteiger partial charge in [-0.05, 0) is 74.9 Å². The third-order valence-electron chi connectivity index (χ3n) is 2.28. The summed E-state index contributed by atoms with van der Waals surface area (Å²) in [5.41, 5.74) is 0.507. The van der Waals surface area contributed by atoms with Crippen molar-refractivity contribution < 1.29 is 8.42 Å². The number of benzene rings is 2. The predicted molar refractivity (Wildman–Crippen MR) is 89.1 cm³/mol. The Morgan fingerprint density at radius 2 is 1.89 bits per heavy atom. The molecule has 1 N–H and O–H groups in total. The minimum atomic E-state index is -3.62. The third-order valence-corrected chi connectivity index (χ3v) is 6.22. The van der Waals surface area contributed by atoms with E-state index in [0.717, 1.165) is 8.04 Å². The highest BCUT2D eigenvalue weighted by molar-refractivity contribution is 14.1. The lowest BCUT2D eigenvalue weighted by Crippen LogP contribution is -2.12. The zero-order chi connectivity index (χ0) is 14.0. The van der Waals surface area contributed by atoms with Crippen molar-refractivity contribution in [1.29, 1.82) is 0 Å². The lowest BCUT2D eigenvalue weighted by Gasteiger charge is -2.09. The van der Waals surface area contributed by atoms with Crippen LogP contribution in [0.15, 0.2) is 51.8 Å². The summed E-state index contributed by atoms with van der Waals surface area (Å²) in [6, 6.07) is 11.4. The summed E-state index contributed by atoms with van der Waals surface area (Å²) < 4.78 is 28.7. The van der Waals surface area contributed by atoms with Crippen LogP contribution in [0.4, 0.5) is 5.69 Å². The zero-order valence-corrected chi connectivity index (χ0v) is 14.7. The average Bonchev–Trinajstić information content (AvgIpc) is 2.33. The van der Waals surface area contributed by atoms with Crippen LogP contribution in [-0.4, -0.2) is 8.42 Å². The van der Waals surface area contributed by atoms with Crippen LogP contribution in [0.1, 0.15) is 0 Å². The fourth-order valence-electron chi connectivity index (χ4n) is 1.41. The number of rotatable bonds is 3. The smallest absolute Gasteiger partial charge is 0.261 e. The Morgan fingerprint density at radius 3 is 2.53 bits per heavy atom. The lowest BCUT2D eigenvalue weighted by molar-refractivity contribution is 0.601. The van der Waals surface area contributed by atoms with E-state index in [4.69, 9.17) is 11.6 Å². The van der Waals surface area contributed by atoms with Crippen LogP contribution in [0.25, 0.3) is 0 Å². The van der Waals surface area contributed by atoms with E-state index in [1.54, 1.807) is 30.3 Å². The summed E-state index contributed by atoms with van der Waals surface area (Å²) in [6.45, 7) is 0. The van der Waals surface area contributed by atoms with Crippen LogP contribution in [0, 0.1) is 3.57 Å². The molecule has 2 aromatic rings. The van der Waals surface area contributed by atoms with Gasteiger partial charge in [0.2, 0.25) is 0 Å². The van der Waals surface area contributed by atoms with Gasteiger partial charge in [-0.15, -0.1) is 0 Å². The maximum Gasteiger partial charge on any atom is 0.261 e. The van der Waals surface area contributed by atoms with Crippen LogP contribution < -0.4 is 4.72 Å². The second-order valence-corrected chi connectivity index (χ2v) is 7.83. The SMILES string of the molecule is O=S(=O)(Nc1ccc(Br)c(I)c1)c1cccc(Cl)c1. The Kier molecular flexibility index (Phi) is 4.75. The van der Waals surface area contributed by atoms with E-state index in [1.165, 1.54) is 12.1 Å². The topological polar surface area (TPSA) is 46.2 Å². The first-order chi connectivity index (χ1) is 8.88. The minimum absolute atomic E-state index is 0.137. The number of halogens is 3. The first kappa shape index (κ1) is 15.1. The normalized spacial score (nSPS) is 11.3. The molecule has 2 rings (SSSR count). The van der Waals surface area contributed by atoms with Gasteiger partial charge in [-0.3, -0.25) is 4.72 Å². The van der Waals surface area contributed by atoms with Gasteiger partial charge in [0.15, 0.2) is 0 Å². The van der Waals surface area contributed by atoms with Gasteiger partial charge in [0.1, 0.15) is 0 Å². The van der Waals surface area contributed by atoms with Crippen molar-refractivity contribution in [2.24, 2.45) is 0 Å². The van der Waals surface area contributed by atoms with Gasteiger partial charge in [0, 0.05) is 18.8 Å². The molecule has 0 aliphatic carbocycles. The van der Waals surface area contributed by atoms with Crippen LogP contribution in [-0.2, 0) is 10.0 Å². The molecule has 19 heavy (non-hydrogen) atoms. The molecule has 0 fully saturated rings. The molecule has 0 aliphatic heterocycles. The molecule has 2 aromatic carbocycles. The molecule has 0 saturated heterocycles. The molecule has 0 heterocycles. The molecular formula is C12H8BrClINO2S. The highest BCUT2D eigenvalue weighted by Gasteiger charge is 2.14. The third kappa shape index (κ3) is 3.84. The molecule has 0 atom stereocenters. The predicted octanol–water partition coefficient (Wildman–Crippen LogP) is 4.51. The molecule has 100 valence electrons. The quantitative estimate of drug-likeness (QED) is 0.669. The molecule has 3 nitrogen and oxygen atoms in total. The Morgan fingerprint density at radius 1 is 1.16 bits per heavy atom. The summed E-state index contributed by atoms with van der Waals surface area (Å²) in [4.78, 5) is 0.137. The van der Waals surface area contributed by atoms with Gasteiger partial charge in [-0.2, -0.15) is 0 Å². The van der Waals surface area contributed by atoms with Crippen molar-refractivity contribution in [3.63, 3.8) is 0 Å². The summed E-state index contributed by atoms with van der Waals surface area (Å²) in [6.07, 6.45) is 0. The lowest BCUT2D eigenvalue weighted by atomic mass is 10.3. The Hall–Kier alpha value is -0.310. The standard InChI is InChI=1S/C12H8BrClINO2S/c13-11-5-4-9(7-12(11)15)16-19(17,18)10-3-1-2-8(14)6-10/h1-7,16H. The zero-order valence-electron chi connectivity index (χ0n) is 9.40. The van der Waals surface area contributed by atoms with E-state index in [9.17, 15) is 8.42 Å². The van der Waals surface area contributed by atoms with E-state index in [2.05, 4.69) is 43.2 Å². The van der Waals surface area contributed by atoms with Crippen molar-refractivity contribution in [2.75, 3.05) is 4.72 Å². The monoisotopic (exact) mass is 471 g/mol. The van der Waals surface area contributed by atoms with Crippen molar-refractivity contribution in [3.8, 4) is 0 Å². The molecular weight excluding hydrogens is 464 g/mol. The minimum Gasteiger partial charge on any atom is -0.280 e. The van der Waals surface area contributed by atoms with E-state index in [1.807, 2.05) is 0 Å². The number of anilines is 1. The number of hydrogen-bond donors (Lipinski definition) is 1. The van der Waals surface area contributed by atoms with Crippen LogP contribution in [0.2, 0.25) is 5.02 Å². The highest BCUT2D eigenvalue weighted by Crippen LogP contribution is 2.25. The Labute approximate surface area is 138 Å². The van der Waals surface area contributed by atoms with Crippen molar-refractivity contribution in [1.82, 2.24) is 0 Å². The summed E-state index contributed by atoms with van der Waals surface area (Å²) >= 11 is 11.3. The van der Waals surface area contributed by atoms with Gasteiger partial charge in [0.05, 0.1) is 4.90 Å². The van der Waals surface area contributed by atoms with E-state index in [0.29, 0.717) is 10.7 Å². The van der Waals surface area contributed by atoms with Crippen LogP contribution in [0.3, 0.4) is 0 Å². The van der Waals surface area contributed by atoms with Crippen molar-refractivity contribution in [3.05, 3.63) is 55.5 Å². The first-order valence-corrected chi connectivity index (χ1v) is 8.85. The molecule has 0 aliphatic rings. The Balaban J connectivity index is 2.33. The Bertz CT molecular complexity index is 721. The maximum absolute atomic E-state index is 12.2. The van der Waals surface area contributed by atoms with Gasteiger partial charge in [-0.25, -0.2) is 8.42 Å². The summed E-state index contributed by atoms with van der Waals surface area (Å²) in [5.74, 6) is 0. The fraction of sp³-hybridized carbons (Fsp3) is 0. The summed E-state index contributed by atoms with van der Waals surface area (Å²) in [7, 11) is -3.62. The number of hydrogen-bond acceptors (Lipinski definition) is 2. The number of nitrogens with one attached hydrogen (secondary N) is 1. The average molecular weight is 473 g/mol. The number of sulfonamides is 1. The molecule has 0 radical (unpaired) electrons. The van der Waals surface area contributed by atoms with Crippen molar-refractivity contribution >= 4 is 65.8 Å². The fourth-order valence-corrected chi connectivity index (χ4v) is 3.52. The van der Waals surface area contributed by atoms with Gasteiger partial charge in [-0.1, -0.05) is 17.7 Å². The van der Waals surface area contributed by atoms with Gasteiger partial charge < -0.3 is 0 Å². The van der Waals surface area contributed by atoms with Crippen LogP contribution >= 0.6 is 50.1 Å². The second kappa shape index (κ2) is 5.99. The van der Waals surface area contributed by atoms with Crippen LogP contribution in [0.5, 0.6) is 0 Å². The molecule has 0 unspecified atom stereocenters. The largest absolute Gasteiger partial charge is 0.280 e. The van der Waals surface area contributed by atoms with Crippen molar-refractivity contribution in [2.45, 2.75) is 4.90 Å². The molecule has 0 spiro atoms. The van der Waals surface area contributed by atoms with Gasteiger partial charge >= 0.3 is 0 Å². The maximum atomic E-state index is 12.2. The van der Waals surface area contributed by atoms with E-state index < -0.39 is 10.0 Å². The molecule has 0 bridgehead atoms. The molecule has 0 aromatic heterocycles. The highest BCUT2D eigenvalue weighted by atomic mass is 127.